The van der Waals surface area contributed by atoms with Gasteiger partial charge in [0.05, 0.1) is 38.6 Å². The van der Waals surface area contributed by atoms with Crippen molar-refractivity contribution in [2.24, 2.45) is 5.84 Å². The molecule has 2 unspecified atom stereocenters. The van der Waals surface area contributed by atoms with E-state index >= 15 is 0 Å². The smallest absolute Gasteiger partial charge is 0.0998 e. The molecule has 0 amide bonds. The molecular weight excluding hydrogens is 184 g/mol. The Labute approximate surface area is 84.9 Å². The minimum Gasteiger partial charge on any atom is -0.380 e. The lowest BCUT2D eigenvalue weighted by Crippen LogP contribution is -2.51. The summed E-state index contributed by atoms with van der Waals surface area (Å²) in [6, 6.07) is 0.0156. The van der Waals surface area contributed by atoms with Crippen LogP contribution < -0.4 is 11.3 Å². The van der Waals surface area contributed by atoms with Crippen molar-refractivity contribution >= 4 is 0 Å². The number of hydrazine groups is 1. The Morgan fingerprint density at radius 2 is 2.43 bits per heavy atom. The molecular formula is C9H20N2O3. The summed E-state index contributed by atoms with van der Waals surface area (Å²) in [5, 5.41) is 0. The normalized spacial score (nSPS) is 24.9. The Morgan fingerprint density at radius 3 is 3.00 bits per heavy atom. The van der Waals surface area contributed by atoms with Crippen LogP contribution in [0.2, 0.25) is 0 Å². The van der Waals surface area contributed by atoms with Crippen molar-refractivity contribution in [2.45, 2.75) is 25.5 Å². The number of hydrogen-bond acceptors (Lipinski definition) is 5. The van der Waals surface area contributed by atoms with Crippen LogP contribution in [-0.2, 0) is 14.2 Å². The second-order valence-electron chi connectivity index (χ2n) is 3.33. The van der Waals surface area contributed by atoms with Gasteiger partial charge in [0.1, 0.15) is 0 Å². The average molecular weight is 204 g/mol. The van der Waals surface area contributed by atoms with Crippen LogP contribution in [0.5, 0.6) is 0 Å². The SMILES string of the molecule is CCCOCC(NN)C1COCCO1. The van der Waals surface area contributed by atoms with Crippen LogP contribution in [0, 0.1) is 0 Å². The maximum Gasteiger partial charge on any atom is 0.0998 e. The Morgan fingerprint density at radius 1 is 1.57 bits per heavy atom. The molecule has 84 valence electrons. The lowest BCUT2D eigenvalue weighted by Gasteiger charge is -2.29. The third-order valence-corrected chi connectivity index (χ3v) is 2.15. The first-order chi connectivity index (χ1) is 6.88. The number of ether oxygens (including phenoxy) is 3. The van der Waals surface area contributed by atoms with E-state index in [1.807, 2.05) is 0 Å². The van der Waals surface area contributed by atoms with E-state index in [-0.39, 0.29) is 12.1 Å². The van der Waals surface area contributed by atoms with Gasteiger partial charge >= 0.3 is 0 Å². The van der Waals surface area contributed by atoms with E-state index in [1.54, 1.807) is 0 Å². The van der Waals surface area contributed by atoms with Crippen LogP contribution in [0.3, 0.4) is 0 Å². The van der Waals surface area contributed by atoms with E-state index < -0.39 is 0 Å². The van der Waals surface area contributed by atoms with E-state index in [0.29, 0.717) is 26.4 Å². The minimum absolute atomic E-state index is 0.00519. The van der Waals surface area contributed by atoms with Crippen molar-refractivity contribution in [3.05, 3.63) is 0 Å². The van der Waals surface area contributed by atoms with Crippen LogP contribution in [0.25, 0.3) is 0 Å². The Bertz CT molecular complexity index is 140. The van der Waals surface area contributed by atoms with Crippen molar-refractivity contribution in [1.29, 1.82) is 0 Å². The second-order valence-corrected chi connectivity index (χ2v) is 3.33. The molecule has 2 atom stereocenters. The fourth-order valence-electron chi connectivity index (χ4n) is 1.36. The van der Waals surface area contributed by atoms with E-state index in [4.69, 9.17) is 20.1 Å². The highest BCUT2D eigenvalue weighted by Gasteiger charge is 2.24. The lowest BCUT2D eigenvalue weighted by atomic mass is 10.2. The third kappa shape index (κ3) is 3.89. The maximum absolute atomic E-state index is 5.51. The zero-order chi connectivity index (χ0) is 10.2. The molecule has 5 nitrogen and oxygen atoms in total. The van der Waals surface area contributed by atoms with Crippen molar-refractivity contribution in [1.82, 2.24) is 5.43 Å². The molecule has 0 spiro atoms. The molecule has 1 rings (SSSR count). The van der Waals surface area contributed by atoms with Gasteiger partial charge in [0.15, 0.2) is 0 Å². The van der Waals surface area contributed by atoms with Crippen molar-refractivity contribution in [2.75, 3.05) is 33.0 Å². The minimum atomic E-state index is 0.00519. The molecule has 0 aromatic heterocycles. The molecule has 0 aliphatic carbocycles. The average Bonchev–Trinajstić information content (AvgIpc) is 2.26. The molecule has 1 fully saturated rings. The molecule has 1 saturated heterocycles. The Hall–Kier alpha value is -0.200. The van der Waals surface area contributed by atoms with E-state index in [0.717, 1.165) is 13.0 Å². The first kappa shape index (κ1) is 11.9. The molecule has 0 bridgehead atoms. The van der Waals surface area contributed by atoms with Crippen LogP contribution in [0.4, 0.5) is 0 Å². The summed E-state index contributed by atoms with van der Waals surface area (Å²) in [7, 11) is 0. The zero-order valence-corrected chi connectivity index (χ0v) is 8.70. The molecule has 0 saturated carbocycles. The summed E-state index contributed by atoms with van der Waals surface area (Å²) in [6.07, 6.45) is 1.02. The van der Waals surface area contributed by atoms with Gasteiger partial charge in [-0.2, -0.15) is 0 Å². The van der Waals surface area contributed by atoms with Crippen LogP contribution in [0.15, 0.2) is 0 Å². The molecule has 1 aliphatic heterocycles. The molecule has 3 N–H and O–H groups in total. The summed E-state index contributed by atoms with van der Waals surface area (Å²) in [5.41, 5.74) is 2.70. The van der Waals surface area contributed by atoms with E-state index in [9.17, 15) is 0 Å². The molecule has 5 heteroatoms. The van der Waals surface area contributed by atoms with Crippen LogP contribution in [0.1, 0.15) is 13.3 Å². The highest BCUT2D eigenvalue weighted by molar-refractivity contribution is 4.76. The quantitative estimate of drug-likeness (QED) is 0.352. The Balaban J connectivity index is 2.21. The lowest BCUT2D eigenvalue weighted by molar-refractivity contribution is -0.110. The summed E-state index contributed by atoms with van der Waals surface area (Å²) in [4.78, 5) is 0. The number of hydrogen-bond donors (Lipinski definition) is 2. The van der Waals surface area contributed by atoms with Gasteiger partial charge in [-0.25, -0.2) is 0 Å². The standard InChI is InChI=1S/C9H20N2O3/c1-2-3-12-6-8(11-10)9-7-13-4-5-14-9/h8-9,11H,2-7,10H2,1H3. The summed E-state index contributed by atoms with van der Waals surface area (Å²) >= 11 is 0. The molecule has 14 heavy (non-hydrogen) atoms. The first-order valence-electron chi connectivity index (χ1n) is 5.11. The van der Waals surface area contributed by atoms with Gasteiger partial charge in [0.25, 0.3) is 0 Å². The molecule has 1 heterocycles. The predicted octanol–water partition coefficient (Wildman–Crippen LogP) is -0.340. The van der Waals surface area contributed by atoms with E-state index in [2.05, 4.69) is 12.3 Å². The molecule has 1 aliphatic rings. The van der Waals surface area contributed by atoms with Gasteiger partial charge in [-0.15, -0.1) is 0 Å². The van der Waals surface area contributed by atoms with E-state index in [1.165, 1.54) is 0 Å². The molecule has 0 aromatic rings. The Kier molecular flexibility index (Phi) is 6.05. The monoisotopic (exact) mass is 204 g/mol. The fourth-order valence-corrected chi connectivity index (χ4v) is 1.36. The molecule has 0 aromatic carbocycles. The number of nitrogens with one attached hydrogen (secondary N) is 1. The van der Waals surface area contributed by atoms with Crippen LogP contribution >= 0.6 is 0 Å². The van der Waals surface area contributed by atoms with Gasteiger partial charge in [-0.05, 0) is 6.42 Å². The van der Waals surface area contributed by atoms with Crippen molar-refractivity contribution in [3.63, 3.8) is 0 Å². The largest absolute Gasteiger partial charge is 0.380 e. The summed E-state index contributed by atoms with van der Waals surface area (Å²) in [5.74, 6) is 5.42. The summed E-state index contributed by atoms with van der Waals surface area (Å²) < 4.78 is 16.2. The summed E-state index contributed by atoms with van der Waals surface area (Å²) in [6.45, 7) is 5.29. The number of rotatable bonds is 6. The molecule has 0 radical (unpaired) electrons. The zero-order valence-electron chi connectivity index (χ0n) is 8.70. The maximum atomic E-state index is 5.51. The topological polar surface area (TPSA) is 65.7 Å². The van der Waals surface area contributed by atoms with Gasteiger partial charge in [0, 0.05) is 6.61 Å². The predicted molar refractivity (Wildman–Crippen MR) is 52.8 cm³/mol. The first-order valence-corrected chi connectivity index (χ1v) is 5.11. The third-order valence-electron chi connectivity index (χ3n) is 2.15. The second kappa shape index (κ2) is 7.14. The highest BCUT2D eigenvalue weighted by atomic mass is 16.6. The van der Waals surface area contributed by atoms with Gasteiger partial charge in [0.2, 0.25) is 0 Å². The highest BCUT2D eigenvalue weighted by Crippen LogP contribution is 2.05. The van der Waals surface area contributed by atoms with Gasteiger partial charge < -0.3 is 14.2 Å². The van der Waals surface area contributed by atoms with Gasteiger partial charge in [-0.3, -0.25) is 11.3 Å². The number of nitrogens with two attached hydrogens (primary N) is 1. The van der Waals surface area contributed by atoms with Gasteiger partial charge in [-0.1, -0.05) is 6.92 Å². The van der Waals surface area contributed by atoms with Crippen molar-refractivity contribution in [3.8, 4) is 0 Å². The van der Waals surface area contributed by atoms with Crippen molar-refractivity contribution < 1.29 is 14.2 Å². The van der Waals surface area contributed by atoms with Crippen LogP contribution in [-0.4, -0.2) is 45.2 Å². The fraction of sp³-hybridized carbons (Fsp3) is 1.00.